The summed E-state index contributed by atoms with van der Waals surface area (Å²) in [5, 5.41) is 0. The van der Waals surface area contributed by atoms with Crippen molar-refractivity contribution >= 4 is 0 Å². The summed E-state index contributed by atoms with van der Waals surface area (Å²) in [5.41, 5.74) is 0. The van der Waals surface area contributed by atoms with Crippen molar-refractivity contribution in [2.45, 2.75) is 59.8 Å². The van der Waals surface area contributed by atoms with Gasteiger partial charge in [0, 0.05) is 0 Å². The van der Waals surface area contributed by atoms with Gasteiger partial charge in [-0.15, -0.1) is 0 Å². The molecule has 0 nitrogen and oxygen atoms in total. The molecule has 2 atom stereocenters. The Kier molecular flexibility index (Phi) is 6.69. The predicted molar refractivity (Wildman–Crippen MR) is 52.8 cm³/mol. The Morgan fingerprint density at radius 1 is 0.909 bits per heavy atom. The highest BCUT2D eigenvalue weighted by molar-refractivity contribution is 4.67. The van der Waals surface area contributed by atoms with Crippen molar-refractivity contribution in [1.29, 1.82) is 0 Å². The van der Waals surface area contributed by atoms with Crippen molar-refractivity contribution in [3.8, 4) is 0 Å². The van der Waals surface area contributed by atoms with Crippen LogP contribution in [0.3, 0.4) is 0 Å². The zero-order chi connectivity index (χ0) is 8.69. The lowest BCUT2D eigenvalue weighted by atomic mass is 9.82. The molecule has 1 aliphatic carbocycles. The first kappa shape index (κ1) is 11.0. The molecule has 0 heteroatoms. The molecule has 11 heavy (non-hydrogen) atoms. The molecule has 0 amide bonds. The van der Waals surface area contributed by atoms with Crippen molar-refractivity contribution in [1.82, 2.24) is 0 Å². The molecule has 1 aliphatic rings. The van der Waals surface area contributed by atoms with Gasteiger partial charge in [0.05, 0.1) is 0 Å². The summed E-state index contributed by atoms with van der Waals surface area (Å²) in [6, 6.07) is 0. The molecule has 0 unspecified atom stereocenters. The lowest BCUT2D eigenvalue weighted by molar-refractivity contribution is 0.277. The summed E-state index contributed by atoms with van der Waals surface area (Å²) in [7, 11) is 0. The summed E-state index contributed by atoms with van der Waals surface area (Å²) in [5.74, 6) is 2.01. The lowest BCUT2D eigenvalue weighted by Gasteiger charge is -2.24. The van der Waals surface area contributed by atoms with Gasteiger partial charge in [0.15, 0.2) is 0 Å². The van der Waals surface area contributed by atoms with E-state index in [0.717, 1.165) is 11.8 Å². The standard InChI is InChI=1S/C8H16.C3H8/c1-7-5-3-4-6-8(7)2;1-3-2/h7-8H,3-6H2,1-2H3;3H2,1-2H3/t7-,8-;/m0./s1. The average Bonchev–Trinajstić information content (AvgIpc) is 1.97. The van der Waals surface area contributed by atoms with Gasteiger partial charge in [-0.25, -0.2) is 0 Å². The fourth-order valence-corrected chi connectivity index (χ4v) is 1.50. The van der Waals surface area contributed by atoms with Crippen LogP contribution in [0.15, 0.2) is 0 Å². The second kappa shape index (κ2) is 6.69. The first-order valence-electron chi connectivity index (χ1n) is 5.22. The normalized spacial score (nSPS) is 30.5. The molecule has 68 valence electrons. The Labute approximate surface area is 72.4 Å². The molecule has 0 radical (unpaired) electrons. The molecule has 0 bridgehead atoms. The molecular formula is C11H24. The van der Waals surface area contributed by atoms with E-state index in [0.29, 0.717) is 0 Å². The molecule has 0 spiro atoms. The molecular weight excluding hydrogens is 132 g/mol. The molecule has 0 aromatic carbocycles. The van der Waals surface area contributed by atoms with Gasteiger partial charge in [0.25, 0.3) is 0 Å². The average molecular weight is 156 g/mol. The third kappa shape index (κ3) is 5.29. The van der Waals surface area contributed by atoms with Crippen LogP contribution in [0.1, 0.15) is 59.8 Å². The SMILES string of the molecule is CCC.C[C@H]1CCCC[C@@H]1C. The predicted octanol–water partition coefficient (Wildman–Crippen LogP) is 4.25. The van der Waals surface area contributed by atoms with E-state index in [1.165, 1.54) is 32.1 Å². The Morgan fingerprint density at radius 3 is 1.36 bits per heavy atom. The van der Waals surface area contributed by atoms with Crippen LogP contribution >= 0.6 is 0 Å². The zero-order valence-electron chi connectivity index (χ0n) is 8.69. The topological polar surface area (TPSA) is 0 Å². The Morgan fingerprint density at radius 2 is 1.18 bits per heavy atom. The quantitative estimate of drug-likeness (QED) is 0.492. The van der Waals surface area contributed by atoms with E-state index in [9.17, 15) is 0 Å². The van der Waals surface area contributed by atoms with Gasteiger partial charge < -0.3 is 0 Å². The molecule has 0 saturated heterocycles. The minimum Gasteiger partial charge on any atom is -0.0656 e. The van der Waals surface area contributed by atoms with Gasteiger partial charge in [0.2, 0.25) is 0 Å². The Bertz CT molecular complexity index is 66.1. The van der Waals surface area contributed by atoms with Crippen molar-refractivity contribution in [2.75, 3.05) is 0 Å². The highest BCUT2D eigenvalue weighted by Gasteiger charge is 2.15. The highest BCUT2D eigenvalue weighted by Crippen LogP contribution is 2.28. The maximum absolute atomic E-state index is 2.38. The van der Waals surface area contributed by atoms with E-state index in [2.05, 4.69) is 27.7 Å². The highest BCUT2D eigenvalue weighted by atomic mass is 14.2. The van der Waals surface area contributed by atoms with Crippen LogP contribution in [-0.2, 0) is 0 Å². The van der Waals surface area contributed by atoms with E-state index >= 15 is 0 Å². The zero-order valence-corrected chi connectivity index (χ0v) is 8.69. The summed E-state index contributed by atoms with van der Waals surface area (Å²) in [6.07, 6.45) is 7.15. The van der Waals surface area contributed by atoms with Crippen molar-refractivity contribution in [3.63, 3.8) is 0 Å². The fourth-order valence-electron chi connectivity index (χ4n) is 1.50. The van der Waals surface area contributed by atoms with E-state index in [4.69, 9.17) is 0 Å². The smallest absolute Gasteiger partial charge is 0.0417 e. The minimum absolute atomic E-state index is 1.00. The summed E-state index contributed by atoms with van der Waals surface area (Å²) < 4.78 is 0. The fraction of sp³-hybridized carbons (Fsp3) is 1.00. The van der Waals surface area contributed by atoms with Crippen LogP contribution in [0.2, 0.25) is 0 Å². The summed E-state index contributed by atoms with van der Waals surface area (Å²) in [4.78, 5) is 0. The van der Waals surface area contributed by atoms with Crippen LogP contribution in [-0.4, -0.2) is 0 Å². The summed E-state index contributed by atoms with van der Waals surface area (Å²) >= 11 is 0. The van der Waals surface area contributed by atoms with Crippen LogP contribution in [0.4, 0.5) is 0 Å². The number of hydrogen-bond acceptors (Lipinski definition) is 0. The molecule has 0 aliphatic heterocycles. The maximum Gasteiger partial charge on any atom is -0.0417 e. The van der Waals surface area contributed by atoms with Crippen LogP contribution < -0.4 is 0 Å². The lowest BCUT2D eigenvalue weighted by Crippen LogP contribution is -2.12. The van der Waals surface area contributed by atoms with E-state index in [1.54, 1.807) is 0 Å². The monoisotopic (exact) mass is 156 g/mol. The molecule has 0 aromatic heterocycles. The molecule has 1 saturated carbocycles. The molecule has 0 aromatic rings. The molecule has 1 rings (SSSR count). The maximum atomic E-state index is 2.38. The Balaban J connectivity index is 0.000000292. The van der Waals surface area contributed by atoms with Crippen molar-refractivity contribution in [3.05, 3.63) is 0 Å². The largest absolute Gasteiger partial charge is 0.0656 e. The van der Waals surface area contributed by atoms with Crippen LogP contribution in [0, 0.1) is 11.8 Å². The second-order valence-corrected chi connectivity index (χ2v) is 3.95. The first-order valence-corrected chi connectivity index (χ1v) is 5.22. The van der Waals surface area contributed by atoms with E-state index in [1.807, 2.05) is 0 Å². The first-order chi connectivity index (χ1) is 5.22. The van der Waals surface area contributed by atoms with E-state index in [-0.39, 0.29) is 0 Å². The minimum atomic E-state index is 1.00. The van der Waals surface area contributed by atoms with Gasteiger partial charge in [-0.3, -0.25) is 0 Å². The van der Waals surface area contributed by atoms with Gasteiger partial charge in [-0.05, 0) is 11.8 Å². The second-order valence-electron chi connectivity index (χ2n) is 3.95. The molecule has 0 heterocycles. The van der Waals surface area contributed by atoms with Crippen LogP contribution in [0.25, 0.3) is 0 Å². The third-order valence-corrected chi connectivity index (χ3v) is 2.54. The van der Waals surface area contributed by atoms with Gasteiger partial charge >= 0.3 is 0 Å². The Hall–Kier alpha value is 0. The third-order valence-electron chi connectivity index (χ3n) is 2.54. The van der Waals surface area contributed by atoms with Crippen molar-refractivity contribution in [2.24, 2.45) is 11.8 Å². The number of hydrogen-bond donors (Lipinski definition) is 0. The molecule has 1 fully saturated rings. The summed E-state index contributed by atoms with van der Waals surface area (Å²) in [6.45, 7) is 9.01. The van der Waals surface area contributed by atoms with Gasteiger partial charge in [-0.2, -0.15) is 0 Å². The van der Waals surface area contributed by atoms with E-state index < -0.39 is 0 Å². The van der Waals surface area contributed by atoms with Crippen molar-refractivity contribution < 1.29 is 0 Å². The van der Waals surface area contributed by atoms with Gasteiger partial charge in [-0.1, -0.05) is 59.8 Å². The van der Waals surface area contributed by atoms with Gasteiger partial charge in [0.1, 0.15) is 0 Å². The number of rotatable bonds is 0. The molecule has 0 N–H and O–H groups in total. The van der Waals surface area contributed by atoms with Crippen LogP contribution in [0.5, 0.6) is 0 Å².